The maximum atomic E-state index is 9.53. The van der Waals surface area contributed by atoms with E-state index in [1.54, 1.807) is 0 Å². The molecule has 2 aromatic rings. The highest BCUT2D eigenvalue weighted by atomic mass is 16.5. The second kappa shape index (κ2) is 4.71. The van der Waals surface area contributed by atoms with Crippen LogP contribution in [0.5, 0.6) is 11.5 Å². The van der Waals surface area contributed by atoms with Gasteiger partial charge in [-0.05, 0) is 12.1 Å². The van der Waals surface area contributed by atoms with Gasteiger partial charge in [0.05, 0.1) is 6.04 Å². The summed E-state index contributed by atoms with van der Waals surface area (Å²) in [5.41, 5.74) is 0.516. The first-order valence-corrected chi connectivity index (χ1v) is 7.02. The van der Waals surface area contributed by atoms with Gasteiger partial charge in [-0.3, -0.25) is 9.80 Å². The molecule has 1 atom stereocenters. The molecule has 3 aliphatic rings. The van der Waals surface area contributed by atoms with Gasteiger partial charge < -0.3 is 14.7 Å². The summed E-state index contributed by atoms with van der Waals surface area (Å²) in [6.07, 6.45) is 0. The minimum Gasteiger partial charge on any atom is -0.508 e. The fourth-order valence-corrected chi connectivity index (χ4v) is 3.07. The van der Waals surface area contributed by atoms with Gasteiger partial charge in [0.25, 0.3) is 5.89 Å². The zero-order valence-corrected chi connectivity index (χ0v) is 11.4. The first-order chi connectivity index (χ1) is 10.2. The summed E-state index contributed by atoms with van der Waals surface area (Å²) < 4.78 is 5.29. The van der Waals surface area contributed by atoms with E-state index in [2.05, 4.69) is 19.9 Å². The highest BCUT2D eigenvalue weighted by molar-refractivity contribution is 5.58. The van der Waals surface area contributed by atoms with Gasteiger partial charge in [0.2, 0.25) is 0 Å². The first kappa shape index (κ1) is 12.6. The van der Waals surface area contributed by atoms with Crippen LogP contribution in [0.2, 0.25) is 0 Å². The van der Waals surface area contributed by atoms with Gasteiger partial charge in [0, 0.05) is 44.4 Å². The number of fused-ring (bicyclic) bond motifs is 3. The number of aromatic nitrogens is 2. The van der Waals surface area contributed by atoms with Crippen LogP contribution >= 0.6 is 0 Å². The summed E-state index contributed by atoms with van der Waals surface area (Å²) in [5, 5.41) is 23.1. The molecule has 4 heterocycles. The Labute approximate surface area is 121 Å². The smallest absolute Gasteiger partial charge is 0.258 e. The molecule has 5 rings (SSSR count). The molecule has 110 valence electrons. The predicted molar refractivity (Wildman–Crippen MR) is 73.8 cm³/mol. The Morgan fingerprint density at radius 2 is 1.76 bits per heavy atom. The van der Waals surface area contributed by atoms with Crippen molar-refractivity contribution in [3.05, 3.63) is 24.0 Å². The van der Waals surface area contributed by atoms with Crippen LogP contribution in [0.3, 0.4) is 0 Å². The van der Waals surface area contributed by atoms with Crippen molar-refractivity contribution in [2.24, 2.45) is 0 Å². The Balaban J connectivity index is 1.63. The van der Waals surface area contributed by atoms with Gasteiger partial charge in [-0.1, -0.05) is 5.16 Å². The zero-order valence-electron chi connectivity index (χ0n) is 11.4. The van der Waals surface area contributed by atoms with Crippen LogP contribution in [0, 0.1) is 0 Å². The SMILES string of the molecule is Oc1cc(O)cc(-c2nc(C3CN4CCN3CC4)no2)c1. The predicted octanol–water partition coefficient (Wildman–Crippen LogP) is 0.820. The molecular formula is C14H16N4O3. The van der Waals surface area contributed by atoms with Gasteiger partial charge >= 0.3 is 0 Å². The molecule has 3 fully saturated rings. The maximum absolute atomic E-state index is 9.53. The molecule has 0 radical (unpaired) electrons. The van der Waals surface area contributed by atoms with E-state index >= 15 is 0 Å². The number of rotatable bonds is 2. The normalized spacial score (nSPS) is 27.9. The minimum atomic E-state index is -0.0312. The quantitative estimate of drug-likeness (QED) is 0.846. The van der Waals surface area contributed by atoms with Crippen molar-refractivity contribution in [1.29, 1.82) is 0 Å². The lowest BCUT2D eigenvalue weighted by Gasteiger charge is -2.46. The van der Waals surface area contributed by atoms with E-state index in [-0.39, 0.29) is 17.5 Å². The third kappa shape index (κ3) is 2.24. The molecule has 1 aromatic carbocycles. The number of hydrogen-bond donors (Lipinski definition) is 2. The molecule has 2 bridgehead atoms. The molecule has 2 N–H and O–H groups in total. The molecule has 7 heteroatoms. The molecular weight excluding hydrogens is 272 g/mol. The van der Waals surface area contributed by atoms with Crippen LogP contribution in [-0.2, 0) is 0 Å². The molecule has 0 amide bonds. The van der Waals surface area contributed by atoms with E-state index in [1.165, 1.54) is 18.2 Å². The molecule has 1 aromatic heterocycles. The Morgan fingerprint density at radius 3 is 2.38 bits per heavy atom. The number of aromatic hydroxyl groups is 2. The Morgan fingerprint density at radius 1 is 1.05 bits per heavy atom. The fourth-order valence-electron chi connectivity index (χ4n) is 3.07. The van der Waals surface area contributed by atoms with Crippen LogP contribution in [0.25, 0.3) is 11.5 Å². The van der Waals surface area contributed by atoms with Crippen molar-refractivity contribution < 1.29 is 14.7 Å². The van der Waals surface area contributed by atoms with Gasteiger partial charge in [-0.25, -0.2) is 0 Å². The van der Waals surface area contributed by atoms with Gasteiger partial charge in [-0.15, -0.1) is 0 Å². The number of nitrogens with zero attached hydrogens (tertiary/aromatic N) is 4. The van der Waals surface area contributed by atoms with E-state index in [4.69, 9.17) is 4.52 Å². The number of piperazine rings is 3. The van der Waals surface area contributed by atoms with Gasteiger partial charge in [-0.2, -0.15) is 4.98 Å². The standard InChI is InChI=1S/C14H16N4O3/c19-10-5-9(6-11(20)7-10)14-15-13(16-21-14)12-8-17-1-3-18(12)4-2-17/h5-7,12,19-20H,1-4,8H2. The monoisotopic (exact) mass is 288 g/mol. The summed E-state index contributed by atoms with van der Waals surface area (Å²) in [6, 6.07) is 4.41. The van der Waals surface area contributed by atoms with Crippen LogP contribution in [0.4, 0.5) is 0 Å². The molecule has 0 spiro atoms. The van der Waals surface area contributed by atoms with Crippen molar-refractivity contribution in [1.82, 2.24) is 19.9 Å². The van der Waals surface area contributed by atoms with Crippen LogP contribution in [0.15, 0.2) is 22.7 Å². The summed E-state index contributed by atoms with van der Waals surface area (Å²) in [7, 11) is 0. The lowest BCUT2D eigenvalue weighted by atomic mass is 10.1. The largest absolute Gasteiger partial charge is 0.508 e. The van der Waals surface area contributed by atoms with Crippen molar-refractivity contribution in [2.45, 2.75) is 6.04 Å². The summed E-state index contributed by atoms with van der Waals surface area (Å²) >= 11 is 0. The lowest BCUT2D eigenvalue weighted by Crippen LogP contribution is -2.57. The van der Waals surface area contributed by atoms with Crippen molar-refractivity contribution in [2.75, 3.05) is 32.7 Å². The Bertz CT molecular complexity index is 644. The van der Waals surface area contributed by atoms with E-state index in [1.807, 2.05) is 0 Å². The van der Waals surface area contributed by atoms with E-state index in [0.29, 0.717) is 17.3 Å². The Hall–Kier alpha value is -2.12. The summed E-state index contributed by atoms with van der Waals surface area (Å²) in [4.78, 5) is 9.21. The van der Waals surface area contributed by atoms with Crippen molar-refractivity contribution in [3.63, 3.8) is 0 Å². The number of hydrogen-bond acceptors (Lipinski definition) is 7. The van der Waals surface area contributed by atoms with Crippen LogP contribution in [0.1, 0.15) is 11.9 Å². The number of phenolic OH excluding ortho intramolecular Hbond substituents is 2. The maximum Gasteiger partial charge on any atom is 0.258 e. The zero-order chi connectivity index (χ0) is 14.4. The van der Waals surface area contributed by atoms with Crippen molar-refractivity contribution >= 4 is 0 Å². The average Bonchev–Trinajstić information content (AvgIpc) is 2.97. The van der Waals surface area contributed by atoms with Gasteiger partial charge in [0.15, 0.2) is 5.82 Å². The number of phenols is 2. The molecule has 7 nitrogen and oxygen atoms in total. The minimum absolute atomic E-state index is 0.0312. The van der Waals surface area contributed by atoms with E-state index in [9.17, 15) is 10.2 Å². The van der Waals surface area contributed by atoms with Crippen molar-refractivity contribution in [3.8, 4) is 23.0 Å². The van der Waals surface area contributed by atoms with Crippen LogP contribution in [-0.4, -0.2) is 62.9 Å². The first-order valence-electron chi connectivity index (χ1n) is 7.02. The second-order valence-electron chi connectivity index (χ2n) is 5.55. The van der Waals surface area contributed by atoms with Crippen LogP contribution < -0.4 is 0 Å². The highest BCUT2D eigenvalue weighted by Crippen LogP contribution is 2.31. The van der Waals surface area contributed by atoms with E-state index in [0.717, 1.165) is 32.7 Å². The molecule has 21 heavy (non-hydrogen) atoms. The average molecular weight is 288 g/mol. The molecule has 0 saturated carbocycles. The third-order valence-electron chi connectivity index (χ3n) is 4.17. The van der Waals surface area contributed by atoms with Gasteiger partial charge in [0.1, 0.15) is 11.5 Å². The molecule has 1 unspecified atom stereocenters. The van der Waals surface area contributed by atoms with E-state index < -0.39 is 0 Å². The Kier molecular flexibility index (Phi) is 2.83. The highest BCUT2D eigenvalue weighted by Gasteiger charge is 2.35. The molecule has 0 aliphatic carbocycles. The number of benzene rings is 1. The molecule has 3 saturated heterocycles. The summed E-state index contributed by atoms with van der Waals surface area (Å²) in [6.45, 7) is 5.18. The fraction of sp³-hybridized carbons (Fsp3) is 0.429. The lowest BCUT2D eigenvalue weighted by molar-refractivity contribution is 0.00781. The topological polar surface area (TPSA) is 85.9 Å². The third-order valence-corrected chi connectivity index (χ3v) is 4.17. The summed E-state index contributed by atoms with van der Waals surface area (Å²) in [5.74, 6) is 0.916. The molecule has 3 aliphatic heterocycles. The second-order valence-corrected chi connectivity index (χ2v) is 5.55.